The van der Waals surface area contributed by atoms with Crippen molar-refractivity contribution in [2.45, 2.75) is 39.2 Å². The smallest absolute Gasteiger partial charge is 0.191 e. The maximum absolute atomic E-state index is 5.11. The summed E-state index contributed by atoms with van der Waals surface area (Å²) in [6.45, 7) is 9.52. The van der Waals surface area contributed by atoms with E-state index in [4.69, 9.17) is 9.73 Å². The van der Waals surface area contributed by atoms with E-state index >= 15 is 0 Å². The summed E-state index contributed by atoms with van der Waals surface area (Å²) in [5.41, 5.74) is 1.20. The molecule has 1 saturated heterocycles. The largest absolute Gasteiger partial charge is 0.385 e. The minimum atomic E-state index is 0.655. The number of aliphatic imine (C=N–C) groups is 1. The third kappa shape index (κ3) is 8.44. The number of aromatic nitrogens is 1. The Kier molecular flexibility index (Phi) is 10.7. The number of rotatable bonds is 11. The number of hydrogen-bond donors (Lipinski definition) is 2. The van der Waals surface area contributed by atoms with E-state index in [0.717, 1.165) is 64.1 Å². The van der Waals surface area contributed by atoms with Crippen molar-refractivity contribution in [2.24, 2.45) is 4.99 Å². The van der Waals surface area contributed by atoms with Gasteiger partial charge in [0.25, 0.3) is 0 Å². The number of nitrogens with zero attached hydrogens (tertiary/aromatic N) is 4. The molecule has 28 heavy (non-hydrogen) atoms. The van der Waals surface area contributed by atoms with Crippen LogP contribution in [-0.2, 0) is 11.3 Å². The van der Waals surface area contributed by atoms with Crippen molar-refractivity contribution in [1.82, 2.24) is 20.5 Å². The van der Waals surface area contributed by atoms with Crippen molar-refractivity contribution in [3.8, 4) is 0 Å². The van der Waals surface area contributed by atoms with E-state index < -0.39 is 0 Å². The molecular formula is C21H38N6O. The van der Waals surface area contributed by atoms with Gasteiger partial charge in [0, 0.05) is 59.2 Å². The Morgan fingerprint density at radius 2 is 2.07 bits per heavy atom. The van der Waals surface area contributed by atoms with Crippen LogP contribution in [0.3, 0.4) is 0 Å². The second kappa shape index (κ2) is 13.3. The summed E-state index contributed by atoms with van der Waals surface area (Å²) in [7, 11) is 3.89. The molecule has 1 aliphatic rings. The normalized spacial score (nSPS) is 15.1. The monoisotopic (exact) mass is 390 g/mol. The van der Waals surface area contributed by atoms with Crippen molar-refractivity contribution in [3.63, 3.8) is 0 Å². The molecule has 0 aromatic carbocycles. The molecule has 1 aliphatic heterocycles. The van der Waals surface area contributed by atoms with Gasteiger partial charge >= 0.3 is 0 Å². The number of pyridine rings is 1. The third-order valence-corrected chi connectivity index (χ3v) is 4.93. The zero-order valence-corrected chi connectivity index (χ0v) is 17.9. The first-order valence-electron chi connectivity index (χ1n) is 10.6. The second-order valence-electron chi connectivity index (χ2n) is 7.34. The highest BCUT2D eigenvalue weighted by Gasteiger charge is 2.12. The molecule has 0 aliphatic carbocycles. The van der Waals surface area contributed by atoms with Crippen LogP contribution in [0.25, 0.3) is 0 Å². The van der Waals surface area contributed by atoms with Gasteiger partial charge < -0.3 is 25.2 Å². The molecule has 2 heterocycles. The first kappa shape index (κ1) is 22.4. The van der Waals surface area contributed by atoms with E-state index in [2.05, 4.69) is 51.5 Å². The summed E-state index contributed by atoms with van der Waals surface area (Å²) in [6.07, 6.45) is 6.82. The average molecular weight is 391 g/mol. The summed E-state index contributed by atoms with van der Waals surface area (Å²) in [4.78, 5) is 14.0. The van der Waals surface area contributed by atoms with Crippen LogP contribution in [0.2, 0.25) is 0 Å². The predicted octanol–water partition coefficient (Wildman–Crippen LogP) is 2.10. The summed E-state index contributed by atoms with van der Waals surface area (Å²) in [5.74, 6) is 1.95. The molecule has 7 heteroatoms. The van der Waals surface area contributed by atoms with E-state index in [1.165, 1.54) is 24.8 Å². The number of likely N-dealkylation sites (N-methyl/N-ethyl adjacent to an activating group) is 1. The van der Waals surface area contributed by atoms with E-state index in [0.29, 0.717) is 6.54 Å². The maximum atomic E-state index is 5.11. The quantitative estimate of drug-likeness (QED) is 0.343. The molecular weight excluding hydrogens is 352 g/mol. The van der Waals surface area contributed by atoms with E-state index in [9.17, 15) is 0 Å². The molecule has 0 spiro atoms. The Balaban J connectivity index is 1.82. The van der Waals surface area contributed by atoms with Gasteiger partial charge in [0.15, 0.2) is 5.96 Å². The van der Waals surface area contributed by atoms with Gasteiger partial charge in [-0.25, -0.2) is 9.98 Å². The molecule has 1 fully saturated rings. The number of hydrogen-bond acceptors (Lipinski definition) is 5. The number of ether oxygens (including phenoxy) is 1. The molecule has 7 nitrogen and oxygen atoms in total. The van der Waals surface area contributed by atoms with Gasteiger partial charge in [-0.1, -0.05) is 0 Å². The van der Waals surface area contributed by atoms with Crippen molar-refractivity contribution >= 4 is 11.8 Å². The maximum Gasteiger partial charge on any atom is 0.191 e. The summed E-state index contributed by atoms with van der Waals surface area (Å²) in [6, 6.07) is 4.24. The zero-order valence-electron chi connectivity index (χ0n) is 17.9. The average Bonchev–Trinajstić information content (AvgIpc) is 2.73. The van der Waals surface area contributed by atoms with Crippen LogP contribution < -0.4 is 15.5 Å². The highest BCUT2D eigenvalue weighted by Crippen LogP contribution is 2.18. The van der Waals surface area contributed by atoms with Crippen LogP contribution in [0.4, 0.5) is 5.82 Å². The van der Waals surface area contributed by atoms with Gasteiger partial charge in [0.2, 0.25) is 0 Å². The Morgan fingerprint density at radius 3 is 2.82 bits per heavy atom. The fourth-order valence-corrected chi connectivity index (χ4v) is 3.32. The second-order valence-corrected chi connectivity index (χ2v) is 7.34. The van der Waals surface area contributed by atoms with Crippen LogP contribution in [0, 0.1) is 0 Å². The van der Waals surface area contributed by atoms with Gasteiger partial charge in [0.1, 0.15) is 5.82 Å². The van der Waals surface area contributed by atoms with Crippen LogP contribution in [-0.4, -0.2) is 75.9 Å². The molecule has 0 atom stereocenters. The fraction of sp³-hybridized carbons (Fsp3) is 0.714. The van der Waals surface area contributed by atoms with Gasteiger partial charge in [-0.2, -0.15) is 0 Å². The van der Waals surface area contributed by atoms with Crippen molar-refractivity contribution in [3.05, 3.63) is 23.9 Å². The highest BCUT2D eigenvalue weighted by molar-refractivity contribution is 5.79. The fourth-order valence-electron chi connectivity index (χ4n) is 3.32. The lowest BCUT2D eigenvalue weighted by Gasteiger charge is -2.27. The van der Waals surface area contributed by atoms with Crippen LogP contribution in [0.5, 0.6) is 0 Å². The van der Waals surface area contributed by atoms with E-state index in [-0.39, 0.29) is 0 Å². The minimum absolute atomic E-state index is 0.655. The standard InChI is InChI=1S/C21H38N6O/c1-4-22-21(24-11-15-26(2)12-8-16-28-3)25-18-19-9-10-23-20(17-19)27-13-6-5-7-14-27/h9-10,17H,4-8,11-16,18H2,1-3H3,(H2,22,24,25). The highest BCUT2D eigenvalue weighted by atomic mass is 16.5. The molecule has 0 unspecified atom stereocenters. The predicted molar refractivity (Wildman–Crippen MR) is 117 cm³/mol. The van der Waals surface area contributed by atoms with Gasteiger partial charge in [-0.05, 0) is 57.4 Å². The number of piperidine rings is 1. The summed E-state index contributed by atoms with van der Waals surface area (Å²) >= 11 is 0. The molecule has 0 bridgehead atoms. The SMILES string of the molecule is CCNC(=NCc1ccnc(N2CCCCC2)c1)NCCN(C)CCCOC. The number of methoxy groups -OCH3 is 1. The molecule has 2 rings (SSSR count). The van der Waals surface area contributed by atoms with E-state index in [1.54, 1.807) is 7.11 Å². The summed E-state index contributed by atoms with van der Waals surface area (Å²) in [5, 5.41) is 6.76. The minimum Gasteiger partial charge on any atom is -0.385 e. The topological polar surface area (TPSA) is 65.0 Å². The Labute approximate surface area is 170 Å². The first-order chi connectivity index (χ1) is 13.7. The number of guanidine groups is 1. The van der Waals surface area contributed by atoms with Gasteiger partial charge in [0.05, 0.1) is 6.54 Å². The van der Waals surface area contributed by atoms with Crippen molar-refractivity contribution < 1.29 is 4.74 Å². The molecule has 158 valence electrons. The third-order valence-electron chi connectivity index (χ3n) is 4.93. The molecule has 1 aromatic heterocycles. The van der Waals surface area contributed by atoms with Crippen LogP contribution in [0.15, 0.2) is 23.3 Å². The molecule has 1 aromatic rings. The summed E-state index contributed by atoms with van der Waals surface area (Å²) < 4.78 is 5.11. The molecule has 2 N–H and O–H groups in total. The Morgan fingerprint density at radius 1 is 1.25 bits per heavy atom. The number of nitrogens with one attached hydrogen (secondary N) is 2. The van der Waals surface area contributed by atoms with Gasteiger partial charge in [-0.3, -0.25) is 0 Å². The van der Waals surface area contributed by atoms with E-state index in [1.807, 2.05) is 6.20 Å². The Bertz CT molecular complexity index is 574. The van der Waals surface area contributed by atoms with Crippen LogP contribution in [0.1, 0.15) is 38.2 Å². The van der Waals surface area contributed by atoms with Crippen LogP contribution >= 0.6 is 0 Å². The molecule has 0 saturated carbocycles. The lowest BCUT2D eigenvalue weighted by Crippen LogP contribution is -2.41. The zero-order chi connectivity index (χ0) is 20.0. The number of anilines is 1. The van der Waals surface area contributed by atoms with Crippen molar-refractivity contribution in [2.75, 3.05) is 64.9 Å². The van der Waals surface area contributed by atoms with Crippen molar-refractivity contribution in [1.29, 1.82) is 0 Å². The van der Waals surface area contributed by atoms with Gasteiger partial charge in [-0.15, -0.1) is 0 Å². The molecule has 0 radical (unpaired) electrons. The molecule has 0 amide bonds. The first-order valence-corrected chi connectivity index (χ1v) is 10.6. The lowest BCUT2D eigenvalue weighted by atomic mass is 10.1. The Hall–Kier alpha value is -1.86. The lowest BCUT2D eigenvalue weighted by molar-refractivity contribution is 0.180.